The maximum Gasteiger partial charge on any atom is 0.338 e. The van der Waals surface area contributed by atoms with Crippen molar-refractivity contribution in [2.24, 2.45) is 5.41 Å². The van der Waals surface area contributed by atoms with Gasteiger partial charge in [0.1, 0.15) is 17.4 Å². The molecule has 2 N–H and O–H groups in total. The van der Waals surface area contributed by atoms with Crippen molar-refractivity contribution in [3.63, 3.8) is 0 Å². The third-order valence-corrected chi connectivity index (χ3v) is 8.88. The first-order valence-electron chi connectivity index (χ1n) is 14.1. The first kappa shape index (κ1) is 30.8. The fourth-order valence-corrected chi connectivity index (χ4v) is 6.81. The molecule has 0 saturated heterocycles. The zero-order chi connectivity index (χ0) is 30.7. The minimum absolute atomic E-state index is 0.0155. The number of nitrogens with zero attached hydrogens (tertiary/aromatic N) is 2. The Kier molecular flexibility index (Phi) is 8.79. The second-order valence-electron chi connectivity index (χ2n) is 11.7. The molecule has 0 aliphatic carbocycles. The highest BCUT2D eigenvalue weighted by Gasteiger charge is 2.47. The molecule has 2 aromatic carbocycles. The number of carbonyl (C=O) groups is 1. The van der Waals surface area contributed by atoms with Gasteiger partial charge in [-0.15, -0.1) is 0 Å². The van der Waals surface area contributed by atoms with Crippen LogP contribution in [0.3, 0.4) is 0 Å². The number of nitrogens with one attached hydrogen (secondary N) is 1. The number of hydrogen-bond acceptors (Lipinski definition) is 7. The van der Waals surface area contributed by atoms with Crippen molar-refractivity contribution in [3.05, 3.63) is 100 Å². The van der Waals surface area contributed by atoms with E-state index in [-0.39, 0.29) is 34.0 Å². The maximum atomic E-state index is 13.9. The molecule has 0 fully saturated rings. The third kappa shape index (κ3) is 6.19. The average molecular weight is 588 g/mol. The Bertz CT molecular complexity index is 1650. The lowest BCUT2D eigenvalue weighted by molar-refractivity contribution is -0.162. The number of carbonyl (C=O) groups excluding carboxylic acids is 1. The minimum atomic E-state index is -4.05. The van der Waals surface area contributed by atoms with Crippen LogP contribution < -0.4 is 4.72 Å². The summed E-state index contributed by atoms with van der Waals surface area (Å²) in [6.45, 7) is 9.96. The summed E-state index contributed by atoms with van der Waals surface area (Å²) < 4.78 is 34.9. The van der Waals surface area contributed by atoms with E-state index < -0.39 is 32.9 Å². The van der Waals surface area contributed by atoms with Crippen LogP contribution in [0.5, 0.6) is 0 Å². The summed E-state index contributed by atoms with van der Waals surface area (Å²) in [7, 11) is -4.05. The Morgan fingerprint density at radius 3 is 2.45 bits per heavy atom. The monoisotopic (exact) mass is 587 g/mol. The predicted octanol–water partition coefficient (Wildman–Crippen LogP) is 6.90. The molecule has 8 nitrogen and oxygen atoms in total. The lowest BCUT2D eigenvalue weighted by Crippen LogP contribution is -2.41. The van der Waals surface area contributed by atoms with Crippen LogP contribution in [-0.4, -0.2) is 24.5 Å². The lowest BCUT2D eigenvalue weighted by Gasteiger charge is -2.42. The summed E-state index contributed by atoms with van der Waals surface area (Å²) in [5, 5.41) is 20.4. The van der Waals surface area contributed by atoms with Crippen LogP contribution in [0.25, 0.3) is 0 Å². The average Bonchev–Trinajstić information content (AvgIpc) is 2.94. The molecule has 2 heterocycles. The van der Waals surface area contributed by atoms with E-state index in [9.17, 15) is 18.3 Å². The van der Waals surface area contributed by atoms with Crippen molar-refractivity contribution in [1.29, 1.82) is 5.26 Å². The van der Waals surface area contributed by atoms with E-state index in [1.807, 2.05) is 64.1 Å². The highest BCUT2D eigenvalue weighted by atomic mass is 32.2. The summed E-state index contributed by atoms with van der Waals surface area (Å²) >= 11 is 0. The van der Waals surface area contributed by atoms with Crippen molar-refractivity contribution in [2.75, 3.05) is 4.72 Å². The SMILES string of the molecule is CCCC1(c2ccccc2CC)CC(O)=C(C(c2cccc(NS(=O)(=O)c3ccc(C#N)cn3)c2)C(C)(C)C)C(=O)O1. The molecule has 2 atom stereocenters. The van der Waals surface area contributed by atoms with E-state index in [1.165, 1.54) is 18.3 Å². The molecule has 0 saturated carbocycles. The molecule has 42 heavy (non-hydrogen) atoms. The molecule has 3 aromatic rings. The lowest BCUT2D eigenvalue weighted by atomic mass is 9.69. The first-order valence-corrected chi connectivity index (χ1v) is 15.6. The number of benzene rings is 2. The molecule has 1 aliphatic heterocycles. The van der Waals surface area contributed by atoms with E-state index in [4.69, 9.17) is 10.00 Å². The van der Waals surface area contributed by atoms with E-state index in [0.717, 1.165) is 24.0 Å². The largest absolute Gasteiger partial charge is 0.512 e. The molecule has 1 aliphatic rings. The van der Waals surface area contributed by atoms with Crippen LogP contribution in [0.1, 0.15) is 82.1 Å². The summed E-state index contributed by atoms with van der Waals surface area (Å²) in [6.07, 6.45) is 3.44. The summed E-state index contributed by atoms with van der Waals surface area (Å²) in [5.41, 5.74) is 1.81. The minimum Gasteiger partial charge on any atom is -0.512 e. The van der Waals surface area contributed by atoms with Gasteiger partial charge in [0.05, 0.1) is 11.1 Å². The fourth-order valence-electron chi connectivity index (χ4n) is 5.83. The highest BCUT2D eigenvalue weighted by Crippen LogP contribution is 2.49. The third-order valence-electron chi connectivity index (χ3n) is 7.58. The maximum absolute atomic E-state index is 13.9. The molecule has 220 valence electrons. The van der Waals surface area contributed by atoms with E-state index in [2.05, 4.69) is 16.6 Å². The number of hydrogen-bond donors (Lipinski definition) is 2. The number of aliphatic hydroxyl groups is 1. The Balaban J connectivity index is 1.75. The molecular weight excluding hydrogens is 550 g/mol. The number of rotatable bonds is 9. The molecule has 0 spiro atoms. The number of pyridine rings is 1. The molecule has 0 amide bonds. The van der Waals surface area contributed by atoms with Gasteiger partial charge in [0, 0.05) is 24.2 Å². The van der Waals surface area contributed by atoms with Gasteiger partial charge < -0.3 is 9.84 Å². The first-order chi connectivity index (χ1) is 19.8. The number of esters is 1. The fraction of sp³-hybridized carbons (Fsp3) is 0.364. The molecule has 4 rings (SSSR count). The van der Waals surface area contributed by atoms with Gasteiger partial charge in [0.25, 0.3) is 10.0 Å². The van der Waals surface area contributed by atoms with Crippen molar-refractivity contribution in [1.82, 2.24) is 4.98 Å². The number of ether oxygens (including phenoxy) is 1. The van der Waals surface area contributed by atoms with Gasteiger partial charge in [-0.25, -0.2) is 9.78 Å². The van der Waals surface area contributed by atoms with Crippen LogP contribution in [0.4, 0.5) is 5.69 Å². The Morgan fingerprint density at radius 1 is 1.12 bits per heavy atom. The quantitative estimate of drug-likeness (QED) is 0.261. The molecule has 0 radical (unpaired) electrons. The topological polar surface area (TPSA) is 129 Å². The standard InChI is InChI=1S/C33H37N3O5S/c1-6-17-33(26-14-9-8-11-23(26)7-2)19-27(37)29(31(38)41-33)30(32(3,4)5)24-12-10-13-25(18-24)36-42(39,40)28-16-15-22(20-34)21-35-28/h8-16,18,21,30,36-37H,6-7,17,19H2,1-5H3. The number of sulfonamides is 1. The molecule has 9 heteroatoms. The van der Waals surface area contributed by atoms with Crippen LogP contribution in [-0.2, 0) is 31.6 Å². The summed E-state index contributed by atoms with van der Waals surface area (Å²) in [4.78, 5) is 17.8. The van der Waals surface area contributed by atoms with Crippen LogP contribution in [0.15, 0.2) is 83.2 Å². The van der Waals surface area contributed by atoms with Gasteiger partial charge in [-0.2, -0.15) is 13.7 Å². The van der Waals surface area contributed by atoms with Gasteiger partial charge in [0.15, 0.2) is 5.03 Å². The van der Waals surface area contributed by atoms with Crippen LogP contribution in [0.2, 0.25) is 0 Å². The van der Waals surface area contributed by atoms with Crippen molar-refractivity contribution in [3.8, 4) is 6.07 Å². The van der Waals surface area contributed by atoms with Crippen molar-refractivity contribution < 1.29 is 23.1 Å². The predicted molar refractivity (Wildman–Crippen MR) is 161 cm³/mol. The molecule has 0 bridgehead atoms. The number of aromatic nitrogens is 1. The zero-order valence-corrected chi connectivity index (χ0v) is 25.5. The molecule has 2 unspecified atom stereocenters. The van der Waals surface area contributed by atoms with Gasteiger partial charge >= 0.3 is 5.97 Å². The smallest absolute Gasteiger partial charge is 0.338 e. The zero-order valence-electron chi connectivity index (χ0n) is 24.6. The molecular formula is C33H37N3O5S. The molecule has 1 aromatic heterocycles. The van der Waals surface area contributed by atoms with Crippen molar-refractivity contribution in [2.45, 2.75) is 76.8 Å². The van der Waals surface area contributed by atoms with Gasteiger partial charge in [-0.3, -0.25) is 4.72 Å². The number of nitriles is 1. The summed E-state index contributed by atoms with van der Waals surface area (Å²) in [5.74, 6) is -1.19. The Hall–Kier alpha value is -4.16. The number of aliphatic hydroxyl groups excluding tert-OH is 1. The second kappa shape index (κ2) is 12.0. The van der Waals surface area contributed by atoms with E-state index in [0.29, 0.717) is 12.0 Å². The van der Waals surface area contributed by atoms with Crippen LogP contribution in [0, 0.1) is 16.7 Å². The normalized spacial score (nSPS) is 18.2. The van der Waals surface area contributed by atoms with Gasteiger partial charge in [-0.1, -0.05) is 77.4 Å². The van der Waals surface area contributed by atoms with Gasteiger partial charge in [-0.05, 0) is 59.2 Å². The van der Waals surface area contributed by atoms with E-state index >= 15 is 0 Å². The van der Waals surface area contributed by atoms with Crippen LogP contribution >= 0.6 is 0 Å². The Labute approximate surface area is 248 Å². The number of anilines is 1. The number of aryl methyl sites for hydroxylation is 1. The van der Waals surface area contributed by atoms with Gasteiger partial charge in [0.2, 0.25) is 0 Å². The highest BCUT2D eigenvalue weighted by molar-refractivity contribution is 7.92. The van der Waals surface area contributed by atoms with Crippen molar-refractivity contribution >= 4 is 21.7 Å². The second-order valence-corrected chi connectivity index (χ2v) is 13.3. The Morgan fingerprint density at radius 2 is 1.86 bits per heavy atom. The summed E-state index contributed by atoms with van der Waals surface area (Å²) in [6, 6.07) is 19.2. The number of cyclic esters (lactones) is 1. The van der Waals surface area contributed by atoms with E-state index in [1.54, 1.807) is 18.2 Å².